The van der Waals surface area contributed by atoms with Gasteiger partial charge in [-0.2, -0.15) is 12.6 Å². The standard InChI is InChI=1S/C10H13BrS2/c1-8(6-12)7-13-10-4-2-3-9(11)5-10/h2-5,8,12H,6-7H2,1H3. The molecule has 13 heavy (non-hydrogen) atoms. The van der Waals surface area contributed by atoms with Crippen LogP contribution in [-0.4, -0.2) is 11.5 Å². The molecule has 0 heterocycles. The van der Waals surface area contributed by atoms with Crippen molar-refractivity contribution in [3.63, 3.8) is 0 Å². The van der Waals surface area contributed by atoms with Crippen molar-refractivity contribution >= 4 is 40.3 Å². The lowest BCUT2D eigenvalue weighted by atomic mass is 10.3. The van der Waals surface area contributed by atoms with E-state index in [0.29, 0.717) is 5.92 Å². The van der Waals surface area contributed by atoms with Gasteiger partial charge < -0.3 is 0 Å². The largest absolute Gasteiger partial charge is 0.179 e. The molecule has 1 unspecified atom stereocenters. The minimum absolute atomic E-state index is 0.673. The molecule has 0 nitrogen and oxygen atoms in total. The smallest absolute Gasteiger partial charge is 0.0186 e. The lowest BCUT2D eigenvalue weighted by Crippen LogP contribution is -1.98. The fourth-order valence-corrected chi connectivity index (χ4v) is 2.68. The molecule has 0 bridgehead atoms. The molecule has 1 atom stereocenters. The fourth-order valence-electron chi connectivity index (χ4n) is 0.848. The summed E-state index contributed by atoms with van der Waals surface area (Å²) in [5.74, 6) is 2.77. The average Bonchev–Trinajstić information content (AvgIpc) is 2.14. The Morgan fingerprint density at radius 2 is 2.31 bits per heavy atom. The molecule has 72 valence electrons. The molecule has 0 aliphatic rings. The molecule has 0 saturated heterocycles. The summed E-state index contributed by atoms with van der Waals surface area (Å²) in [5.41, 5.74) is 0. The summed E-state index contributed by atoms with van der Waals surface area (Å²) in [4.78, 5) is 1.32. The molecule has 0 spiro atoms. The van der Waals surface area contributed by atoms with Crippen LogP contribution >= 0.6 is 40.3 Å². The van der Waals surface area contributed by atoms with Gasteiger partial charge in [-0.15, -0.1) is 11.8 Å². The van der Waals surface area contributed by atoms with Crippen LogP contribution in [0.1, 0.15) is 6.92 Å². The van der Waals surface area contributed by atoms with Gasteiger partial charge in [0.25, 0.3) is 0 Å². The summed E-state index contributed by atoms with van der Waals surface area (Å²) in [6, 6.07) is 8.40. The highest BCUT2D eigenvalue weighted by Gasteiger charge is 2.00. The Kier molecular flexibility index (Phi) is 5.29. The zero-order chi connectivity index (χ0) is 9.68. The lowest BCUT2D eigenvalue weighted by Gasteiger charge is -2.07. The van der Waals surface area contributed by atoms with Crippen LogP contribution in [0.2, 0.25) is 0 Å². The van der Waals surface area contributed by atoms with E-state index in [1.165, 1.54) is 4.90 Å². The van der Waals surface area contributed by atoms with Crippen molar-refractivity contribution in [2.75, 3.05) is 11.5 Å². The normalized spacial score (nSPS) is 12.8. The predicted molar refractivity (Wildman–Crippen MR) is 67.9 cm³/mol. The molecular weight excluding hydrogens is 264 g/mol. The zero-order valence-corrected chi connectivity index (χ0v) is 10.8. The first-order valence-electron chi connectivity index (χ1n) is 4.21. The van der Waals surface area contributed by atoms with Gasteiger partial charge in [-0.1, -0.05) is 28.9 Å². The second-order valence-electron chi connectivity index (χ2n) is 3.06. The SMILES string of the molecule is CC(CS)CSc1cccc(Br)c1. The van der Waals surface area contributed by atoms with Crippen molar-refractivity contribution in [3.05, 3.63) is 28.7 Å². The molecule has 0 aliphatic heterocycles. The summed E-state index contributed by atoms with van der Waals surface area (Å²) < 4.78 is 1.15. The minimum Gasteiger partial charge on any atom is -0.179 e. The number of thiol groups is 1. The molecule has 1 aromatic rings. The molecule has 0 aliphatic carbocycles. The second kappa shape index (κ2) is 5.99. The van der Waals surface area contributed by atoms with Crippen molar-refractivity contribution < 1.29 is 0 Å². The summed E-state index contributed by atoms with van der Waals surface area (Å²) in [6.45, 7) is 2.22. The Morgan fingerprint density at radius 1 is 1.54 bits per heavy atom. The maximum atomic E-state index is 4.26. The minimum atomic E-state index is 0.673. The third kappa shape index (κ3) is 4.43. The van der Waals surface area contributed by atoms with E-state index in [0.717, 1.165) is 16.0 Å². The number of halogens is 1. The van der Waals surface area contributed by atoms with Gasteiger partial charge in [0.1, 0.15) is 0 Å². The van der Waals surface area contributed by atoms with E-state index >= 15 is 0 Å². The van der Waals surface area contributed by atoms with Gasteiger partial charge in [-0.3, -0.25) is 0 Å². The number of benzene rings is 1. The zero-order valence-electron chi connectivity index (χ0n) is 7.53. The van der Waals surface area contributed by atoms with Crippen molar-refractivity contribution in [1.29, 1.82) is 0 Å². The first-order chi connectivity index (χ1) is 6.22. The highest BCUT2D eigenvalue weighted by Crippen LogP contribution is 2.23. The first-order valence-corrected chi connectivity index (χ1v) is 6.62. The number of hydrogen-bond donors (Lipinski definition) is 1. The number of thioether (sulfide) groups is 1. The van der Waals surface area contributed by atoms with E-state index in [1.807, 2.05) is 17.8 Å². The highest BCUT2D eigenvalue weighted by atomic mass is 79.9. The van der Waals surface area contributed by atoms with Gasteiger partial charge in [0, 0.05) is 15.1 Å². The van der Waals surface area contributed by atoms with Gasteiger partial charge in [-0.05, 0) is 29.9 Å². The number of rotatable bonds is 4. The van der Waals surface area contributed by atoms with Crippen LogP contribution in [0.3, 0.4) is 0 Å². The maximum Gasteiger partial charge on any atom is 0.0186 e. The third-order valence-electron chi connectivity index (χ3n) is 1.64. The van der Waals surface area contributed by atoms with Crippen LogP contribution in [-0.2, 0) is 0 Å². The third-order valence-corrected chi connectivity index (χ3v) is 4.08. The van der Waals surface area contributed by atoms with E-state index < -0.39 is 0 Å². The molecule has 0 radical (unpaired) electrons. The van der Waals surface area contributed by atoms with Gasteiger partial charge in [0.05, 0.1) is 0 Å². The average molecular weight is 277 g/mol. The molecule has 0 aromatic heterocycles. The van der Waals surface area contributed by atoms with E-state index in [9.17, 15) is 0 Å². The van der Waals surface area contributed by atoms with Crippen LogP contribution in [0.25, 0.3) is 0 Å². The fraction of sp³-hybridized carbons (Fsp3) is 0.400. The summed E-state index contributed by atoms with van der Waals surface area (Å²) in [7, 11) is 0. The quantitative estimate of drug-likeness (QED) is 0.638. The topological polar surface area (TPSA) is 0 Å². The van der Waals surface area contributed by atoms with E-state index in [1.54, 1.807) is 0 Å². The van der Waals surface area contributed by atoms with Crippen LogP contribution in [0, 0.1) is 5.92 Å². The van der Waals surface area contributed by atoms with Crippen LogP contribution < -0.4 is 0 Å². The van der Waals surface area contributed by atoms with Crippen molar-refractivity contribution in [2.45, 2.75) is 11.8 Å². The lowest BCUT2D eigenvalue weighted by molar-refractivity contribution is 0.767. The van der Waals surface area contributed by atoms with Crippen LogP contribution in [0.4, 0.5) is 0 Å². The van der Waals surface area contributed by atoms with Crippen LogP contribution in [0.5, 0.6) is 0 Å². The second-order valence-corrected chi connectivity index (χ2v) is 5.43. The number of hydrogen-bond acceptors (Lipinski definition) is 2. The molecule has 1 aromatic carbocycles. The summed E-state index contributed by atoms with van der Waals surface area (Å²) in [5, 5.41) is 0. The predicted octanol–water partition coefficient (Wildman–Crippen LogP) is 4.11. The molecule has 1 rings (SSSR count). The Labute approximate surface area is 98.0 Å². The van der Waals surface area contributed by atoms with Crippen molar-refractivity contribution in [2.24, 2.45) is 5.92 Å². The Morgan fingerprint density at radius 3 is 2.92 bits per heavy atom. The van der Waals surface area contributed by atoms with Gasteiger partial charge in [0.2, 0.25) is 0 Å². The van der Waals surface area contributed by atoms with E-state index in [-0.39, 0.29) is 0 Å². The molecule has 0 amide bonds. The Hall–Kier alpha value is 0.400. The van der Waals surface area contributed by atoms with E-state index in [2.05, 4.69) is 53.7 Å². The molecule has 0 N–H and O–H groups in total. The maximum absolute atomic E-state index is 4.26. The van der Waals surface area contributed by atoms with Crippen molar-refractivity contribution in [3.8, 4) is 0 Å². The van der Waals surface area contributed by atoms with E-state index in [4.69, 9.17) is 0 Å². The highest BCUT2D eigenvalue weighted by molar-refractivity contribution is 9.10. The Balaban J connectivity index is 2.45. The van der Waals surface area contributed by atoms with Gasteiger partial charge >= 0.3 is 0 Å². The first kappa shape index (κ1) is 11.5. The van der Waals surface area contributed by atoms with Gasteiger partial charge in [0.15, 0.2) is 0 Å². The monoisotopic (exact) mass is 276 g/mol. The van der Waals surface area contributed by atoms with Gasteiger partial charge in [-0.25, -0.2) is 0 Å². The summed E-state index contributed by atoms with van der Waals surface area (Å²) in [6.07, 6.45) is 0. The molecule has 3 heteroatoms. The Bertz CT molecular complexity index is 263. The molecule has 0 fully saturated rings. The molecule has 0 saturated carbocycles. The van der Waals surface area contributed by atoms with Crippen LogP contribution in [0.15, 0.2) is 33.6 Å². The van der Waals surface area contributed by atoms with Crippen molar-refractivity contribution in [1.82, 2.24) is 0 Å². The molecular formula is C10H13BrS2. The summed E-state index contributed by atoms with van der Waals surface area (Å²) >= 11 is 9.61.